The number of nitrogens with one attached hydrogen (secondary N) is 3. The van der Waals surface area contributed by atoms with Crippen molar-refractivity contribution in [2.75, 3.05) is 5.73 Å². The first-order valence-electron chi connectivity index (χ1n) is 14.3. The van der Waals surface area contributed by atoms with E-state index in [0.29, 0.717) is 75.2 Å². The van der Waals surface area contributed by atoms with Gasteiger partial charge in [0.05, 0.1) is 16.3 Å². The van der Waals surface area contributed by atoms with E-state index in [1.54, 1.807) is 55.2 Å². The maximum absolute atomic E-state index is 13.1. The zero-order valence-electron chi connectivity index (χ0n) is 24.3. The number of nitrogens with zero attached hydrogens (tertiary/aromatic N) is 5. The van der Waals surface area contributed by atoms with Gasteiger partial charge in [0.1, 0.15) is 46.1 Å². The van der Waals surface area contributed by atoms with Gasteiger partial charge in [-0.2, -0.15) is 0 Å². The molecule has 12 nitrogen and oxygen atoms in total. The van der Waals surface area contributed by atoms with E-state index in [-0.39, 0.29) is 10.9 Å². The number of aryl methyl sites for hydroxylation is 1. The second kappa shape index (κ2) is 12.0. The Labute approximate surface area is 251 Å². The largest absolute Gasteiger partial charge is 0.384 e. The molecule has 0 amide bonds. The molecule has 6 aromatic heterocycles. The predicted molar refractivity (Wildman–Crippen MR) is 169 cm³/mol. The Hall–Kier alpha value is -5.54. The van der Waals surface area contributed by atoms with Gasteiger partial charge in [0, 0.05) is 43.2 Å². The summed E-state index contributed by atoms with van der Waals surface area (Å²) in [6, 6.07) is 6.92. The van der Waals surface area contributed by atoms with E-state index in [0.717, 1.165) is 18.5 Å². The summed E-state index contributed by atoms with van der Waals surface area (Å²) in [5.74, 6) is 7.58. The SMILES string of the molecule is CCC(O)C#Cc1ccc2c(=O)c(-c3ncc[nH]3)c(N)n(CC3CC3)c2n1.Cc1cnc(-c2c[nH]c3ncccc3c2=O)[nH]1. The Bertz CT molecular complexity index is 2150. The van der Waals surface area contributed by atoms with Crippen molar-refractivity contribution in [2.24, 2.45) is 5.92 Å². The lowest BCUT2D eigenvalue weighted by Crippen LogP contribution is -2.20. The van der Waals surface area contributed by atoms with Crippen LogP contribution in [0.5, 0.6) is 0 Å². The van der Waals surface area contributed by atoms with Gasteiger partial charge in [-0.1, -0.05) is 12.8 Å². The Morgan fingerprint density at radius 1 is 1.07 bits per heavy atom. The lowest BCUT2D eigenvalue weighted by molar-refractivity contribution is 0.228. The van der Waals surface area contributed by atoms with Crippen LogP contribution in [0.2, 0.25) is 0 Å². The first-order chi connectivity index (χ1) is 21.3. The molecule has 1 aliphatic rings. The highest BCUT2D eigenvalue weighted by Crippen LogP contribution is 2.34. The molecule has 0 aliphatic heterocycles. The average Bonchev–Trinajstić information content (AvgIpc) is 3.49. The number of rotatable bonds is 5. The highest BCUT2D eigenvalue weighted by atomic mass is 16.3. The minimum atomic E-state index is -0.692. The van der Waals surface area contributed by atoms with Crippen LogP contribution in [-0.2, 0) is 6.54 Å². The Balaban J connectivity index is 0.000000173. The summed E-state index contributed by atoms with van der Waals surface area (Å²) in [4.78, 5) is 51.3. The molecular weight excluding hydrogens is 558 g/mol. The van der Waals surface area contributed by atoms with Crippen molar-refractivity contribution in [3.63, 3.8) is 0 Å². The second-order valence-corrected chi connectivity index (χ2v) is 10.7. The first-order valence-corrected chi connectivity index (χ1v) is 14.3. The van der Waals surface area contributed by atoms with Crippen LogP contribution < -0.4 is 16.6 Å². The molecule has 1 atom stereocenters. The summed E-state index contributed by atoms with van der Waals surface area (Å²) in [5, 5.41) is 10.7. The van der Waals surface area contributed by atoms with Crippen molar-refractivity contribution in [2.45, 2.75) is 45.8 Å². The van der Waals surface area contributed by atoms with Crippen LogP contribution in [0.1, 0.15) is 37.6 Å². The average molecular weight is 590 g/mol. The van der Waals surface area contributed by atoms with Gasteiger partial charge in [0.2, 0.25) is 10.9 Å². The van der Waals surface area contributed by atoms with Crippen LogP contribution in [0.15, 0.2) is 64.8 Å². The van der Waals surface area contributed by atoms with E-state index < -0.39 is 6.10 Å². The molecule has 44 heavy (non-hydrogen) atoms. The van der Waals surface area contributed by atoms with Crippen molar-refractivity contribution in [1.29, 1.82) is 0 Å². The lowest BCUT2D eigenvalue weighted by Gasteiger charge is -2.16. The molecule has 1 aliphatic carbocycles. The second-order valence-electron chi connectivity index (χ2n) is 10.7. The number of hydrogen-bond acceptors (Lipinski definition) is 8. The quantitative estimate of drug-likeness (QED) is 0.189. The van der Waals surface area contributed by atoms with E-state index in [4.69, 9.17) is 5.73 Å². The zero-order valence-corrected chi connectivity index (χ0v) is 24.3. The normalized spacial score (nSPS) is 13.2. The third-order valence-electron chi connectivity index (χ3n) is 7.38. The Morgan fingerprint density at radius 2 is 1.91 bits per heavy atom. The van der Waals surface area contributed by atoms with Crippen LogP contribution >= 0.6 is 0 Å². The highest BCUT2D eigenvalue weighted by Gasteiger charge is 2.26. The van der Waals surface area contributed by atoms with Gasteiger partial charge in [-0.05, 0) is 62.3 Å². The monoisotopic (exact) mass is 589 g/mol. The number of imidazole rings is 2. The summed E-state index contributed by atoms with van der Waals surface area (Å²) in [6.45, 7) is 4.46. The Kier molecular flexibility index (Phi) is 7.78. The fourth-order valence-electron chi connectivity index (χ4n) is 4.81. The van der Waals surface area contributed by atoms with Crippen molar-refractivity contribution in [1.82, 2.24) is 39.5 Å². The zero-order chi connectivity index (χ0) is 30.8. The number of fused-ring (bicyclic) bond motifs is 2. The topological polar surface area (TPSA) is 184 Å². The highest BCUT2D eigenvalue weighted by molar-refractivity contribution is 5.86. The molecule has 12 heteroatoms. The summed E-state index contributed by atoms with van der Waals surface area (Å²) >= 11 is 0. The molecule has 1 saturated carbocycles. The van der Waals surface area contributed by atoms with Crippen LogP contribution in [-0.4, -0.2) is 50.7 Å². The van der Waals surface area contributed by atoms with E-state index in [1.165, 1.54) is 0 Å². The van der Waals surface area contributed by atoms with E-state index in [9.17, 15) is 14.7 Å². The van der Waals surface area contributed by atoms with Crippen molar-refractivity contribution < 1.29 is 5.11 Å². The Morgan fingerprint density at radius 3 is 2.61 bits per heavy atom. The van der Waals surface area contributed by atoms with Crippen molar-refractivity contribution in [3.05, 3.63) is 87.1 Å². The number of anilines is 1. The van der Waals surface area contributed by atoms with E-state index in [2.05, 4.69) is 46.7 Å². The summed E-state index contributed by atoms with van der Waals surface area (Å²) in [6.07, 6.45) is 10.4. The van der Waals surface area contributed by atoms with E-state index in [1.807, 2.05) is 18.4 Å². The van der Waals surface area contributed by atoms with E-state index >= 15 is 0 Å². The summed E-state index contributed by atoms with van der Waals surface area (Å²) in [5.41, 5.74) is 9.56. The number of hydrogen-bond donors (Lipinski definition) is 5. The fraction of sp³-hybridized carbons (Fsp3) is 0.250. The molecule has 7 rings (SSSR count). The number of nitrogen functional groups attached to an aromatic ring is 1. The van der Waals surface area contributed by atoms with Crippen LogP contribution in [0.3, 0.4) is 0 Å². The minimum absolute atomic E-state index is 0.0683. The number of nitrogens with two attached hydrogens (primary N) is 1. The number of H-pyrrole nitrogens is 3. The smallest absolute Gasteiger partial charge is 0.204 e. The van der Waals surface area contributed by atoms with Gasteiger partial charge in [-0.25, -0.2) is 19.9 Å². The van der Waals surface area contributed by atoms with Gasteiger partial charge in [0.25, 0.3) is 0 Å². The molecule has 6 N–H and O–H groups in total. The molecule has 222 valence electrons. The molecule has 0 aromatic carbocycles. The minimum Gasteiger partial charge on any atom is -0.384 e. The molecule has 6 aromatic rings. The molecule has 6 heterocycles. The summed E-state index contributed by atoms with van der Waals surface area (Å²) in [7, 11) is 0. The molecule has 0 saturated heterocycles. The molecule has 0 bridgehead atoms. The number of pyridine rings is 4. The predicted octanol–water partition coefficient (Wildman–Crippen LogP) is 3.52. The van der Waals surface area contributed by atoms with Crippen LogP contribution in [0, 0.1) is 24.7 Å². The number of aromatic amines is 3. The third-order valence-corrected chi connectivity index (χ3v) is 7.38. The van der Waals surface area contributed by atoms with Gasteiger partial charge in [0.15, 0.2) is 0 Å². The van der Waals surface area contributed by atoms with Gasteiger partial charge in [-0.15, -0.1) is 0 Å². The fourth-order valence-corrected chi connectivity index (χ4v) is 4.81. The van der Waals surface area contributed by atoms with Crippen molar-refractivity contribution >= 4 is 27.9 Å². The van der Waals surface area contributed by atoms with Gasteiger partial charge < -0.3 is 30.4 Å². The standard InChI is InChI=1S/C20H21N5O2.C12H10N4O/c1-2-14(26)7-5-13-6-8-15-17(27)16(19-22-9-10-23-19)18(21)25(20(15)24-13)11-12-3-4-12;1-7-5-14-12(16-7)9-6-15-11-8(10(9)17)3-2-4-13-11/h6,8-10,12,14,26H,2-4,11,21H2,1H3,(H,22,23);2-6H,1H3,(H,14,16)(H,13,15,17). The third kappa shape index (κ3) is 5.73. The van der Waals surface area contributed by atoms with Gasteiger partial charge >= 0.3 is 0 Å². The first kappa shape index (κ1) is 28.6. The molecule has 1 fully saturated rings. The molecule has 1 unspecified atom stereocenters. The van der Waals surface area contributed by atoms with Crippen LogP contribution in [0.4, 0.5) is 5.82 Å². The maximum Gasteiger partial charge on any atom is 0.204 e. The molecule has 0 radical (unpaired) electrons. The van der Waals surface area contributed by atoms with Gasteiger partial charge in [-0.3, -0.25) is 9.59 Å². The number of aromatic nitrogens is 8. The number of aliphatic hydroxyl groups excluding tert-OH is 1. The van der Waals surface area contributed by atoms with Crippen molar-refractivity contribution in [3.8, 4) is 34.6 Å². The number of aliphatic hydroxyl groups is 1. The van der Waals surface area contributed by atoms with Crippen LogP contribution in [0.25, 0.3) is 44.8 Å². The summed E-state index contributed by atoms with van der Waals surface area (Å²) < 4.78 is 1.90. The molecule has 0 spiro atoms. The molecular formula is C32H31N9O3. The maximum atomic E-state index is 13.1. The lowest BCUT2D eigenvalue weighted by atomic mass is 10.1.